The molecular formula is C8H10N2O2. The third kappa shape index (κ3) is 1.95. The quantitative estimate of drug-likeness (QED) is 0.550. The van der Waals surface area contributed by atoms with E-state index in [0.29, 0.717) is 5.69 Å². The number of benzene rings is 1. The average molecular weight is 166 g/mol. The van der Waals surface area contributed by atoms with Gasteiger partial charge < -0.3 is 0 Å². The Balaban J connectivity index is 2.89. The zero-order chi connectivity index (χ0) is 8.97. The number of hydrogen-bond donors (Lipinski definition) is 1. The normalized spacial score (nSPS) is 9.42. The van der Waals surface area contributed by atoms with Crippen molar-refractivity contribution in [2.45, 2.75) is 13.3 Å². The van der Waals surface area contributed by atoms with Crippen LogP contribution in [0.15, 0.2) is 24.3 Å². The second kappa shape index (κ2) is 3.71. The molecule has 4 nitrogen and oxygen atoms in total. The van der Waals surface area contributed by atoms with Crippen LogP contribution in [0.1, 0.15) is 12.5 Å². The molecule has 0 aliphatic rings. The predicted molar refractivity (Wildman–Crippen MR) is 46.4 cm³/mol. The molecule has 0 unspecified atom stereocenters. The van der Waals surface area contributed by atoms with Crippen LogP contribution in [0.3, 0.4) is 0 Å². The van der Waals surface area contributed by atoms with Gasteiger partial charge >= 0.3 is 0 Å². The first-order valence-electron chi connectivity index (χ1n) is 3.73. The molecule has 4 heteroatoms. The molecule has 1 aromatic carbocycles. The molecular weight excluding hydrogens is 156 g/mol. The molecule has 0 aliphatic heterocycles. The summed E-state index contributed by atoms with van der Waals surface area (Å²) in [5.74, 6) is 0. The van der Waals surface area contributed by atoms with Crippen LogP contribution in [-0.4, -0.2) is 5.03 Å². The van der Waals surface area contributed by atoms with E-state index in [-0.39, 0.29) is 0 Å². The van der Waals surface area contributed by atoms with Crippen LogP contribution in [0.5, 0.6) is 0 Å². The number of nitro groups is 1. The number of nitrogens with zero attached hydrogens (tertiary/aromatic N) is 1. The molecule has 0 fully saturated rings. The summed E-state index contributed by atoms with van der Waals surface area (Å²) in [6.45, 7) is 1.96. The van der Waals surface area contributed by atoms with E-state index in [2.05, 4.69) is 5.43 Å². The third-order valence-corrected chi connectivity index (χ3v) is 1.61. The van der Waals surface area contributed by atoms with Crippen LogP contribution in [0.4, 0.5) is 5.69 Å². The van der Waals surface area contributed by atoms with Gasteiger partial charge in [0.05, 0.1) is 0 Å². The smallest absolute Gasteiger partial charge is 0.162 e. The van der Waals surface area contributed by atoms with E-state index in [0.717, 1.165) is 12.0 Å². The molecule has 1 rings (SSSR count). The Labute approximate surface area is 70.3 Å². The van der Waals surface area contributed by atoms with Gasteiger partial charge in [-0.15, -0.1) is 5.43 Å². The summed E-state index contributed by atoms with van der Waals surface area (Å²) in [4.78, 5) is 10.1. The van der Waals surface area contributed by atoms with E-state index < -0.39 is 5.03 Å². The number of aryl methyl sites for hydroxylation is 1. The average Bonchev–Trinajstić information content (AvgIpc) is 2.04. The molecule has 64 valence electrons. The summed E-state index contributed by atoms with van der Waals surface area (Å²) in [5.41, 5.74) is 3.67. The number of hydrogen-bond acceptors (Lipinski definition) is 2. The Kier molecular flexibility index (Phi) is 2.63. The summed E-state index contributed by atoms with van der Waals surface area (Å²) in [6, 6.07) is 7.20. The monoisotopic (exact) mass is 166 g/mol. The first-order valence-corrected chi connectivity index (χ1v) is 3.73. The molecule has 0 aromatic heterocycles. The maximum atomic E-state index is 10.1. The Bertz CT molecular complexity index is 286. The number of hydrazine groups is 1. The van der Waals surface area contributed by atoms with E-state index in [1.807, 2.05) is 19.1 Å². The topological polar surface area (TPSA) is 55.2 Å². The van der Waals surface area contributed by atoms with Crippen LogP contribution < -0.4 is 5.43 Å². The molecule has 0 saturated carbocycles. The summed E-state index contributed by atoms with van der Waals surface area (Å²) in [7, 11) is 0. The highest BCUT2D eigenvalue weighted by atomic mass is 16.7. The van der Waals surface area contributed by atoms with Gasteiger partial charge in [0.25, 0.3) is 0 Å². The van der Waals surface area contributed by atoms with E-state index in [4.69, 9.17) is 0 Å². The van der Waals surface area contributed by atoms with Gasteiger partial charge in [-0.05, 0) is 18.1 Å². The molecule has 1 N–H and O–H groups in total. The lowest BCUT2D eigenvalue weighted by Gasteiger charge is -2.02. The lowest BCUT2D eigenvalue weighted by molar-refractivity contribution is -0.445. The molecule has 0 amide bonds. The minimum absolute atomic E-state index is 0.547. The van der Waals surface area contributed by atoms with Gasteiger partial charge in [-0.1, -0.05) is 25.1 Å². The molecule has 0 radical (unpaired) electrons. The highest BCUT2D eigenvalue weighted by Gasteiger charge is 2.02. The van der Waals surface area contributed by atoms with Gasteiger partial charge in [0.1, 0.15) is 5.69 Å². The van der Waals surface area contributed by atoms with Crippen LogP contribution >= 0.6 is 0 Å². The molecule has 0 saturated heterocycles. The van der Waals surface area contributed by atoms with E-state index in [1.165, 1.54) is 0 Å². The molecule has 0 atom stereocenters. The van der Waals surface area contributed by atoms with Crippen LogP contribution in [0.2, 0.25) is 0 Å². The molecule has 12 heavy (non-hydrogen) atoms. The van der Waals surface area contributed by atoms with Crippen molar-refractivity contribution in [3.63, 3.8) is 0 Å². The third-order valence-electron chi connectivity index (χ3n) is 1.61. The minimum atomic E-state index is -0.547. The van der Waals surface area contributed by atoms with Crippen molar-refractivity contribution in [1.82, 2.24) is 0 Å². The maximum absolute atomic E-state index is 10.1. The number of para-hydroxylation sites is 1. The van der Waals surface area contributed by atoms with Gasteiger partial charge in [-0.3, -0.25) is 0 Å². The molecule has 0 spiro atoms. The number of rotatable bonds is 3. The lowest BCUT2D eigenvalue weighted by Crippen LogP contribution is -2.09. The van der Waals surface area contributed by atoms with Crippen molar-refractivity contribution in [2.24, 2.45) is 0 Å². The fourth-order valence-corrected chi connectivity index (χ4v) is 1.04. The zero-order valence-electron chi connectivity index (χ0n) is 6.78. The van der Waals surface area contributed by atoms with E-state index >= 15 is 0 Å². The van der Waals surface area contributed by atoms with Crippen molar-refractivity contribution in [3.05, 3.63) is 39.9 Å². The fraction of sp³-hybridized carbons (Fsp3) is 0.250. The molecule has 0 heterocycles. The van der Waals surface area contributed by atoms with Crippen molar-refractivity contribution >= 4 is 5.69 Å². The number of nitrogens with one attached hydrogen (secondary N) is 1. The van der Waals surface area contributed by atoms with Gasteiger partial charge in [0, 0.05) is 0 Å². The summed E-state index contributed by atoms with van der Waals surface area (Å²) < 4.78 is 0. The Morgan fingerprint density at radius 1 is 1.50 bits per heavy atom. The van der Waals surface area contributed by atoms with Crippen molar-refractivity contribution in [3.8, 4) is 0 Å². The summed E-state index contributed by atoms with van der Waals surface area (Å²) in [6.07, 6.45) is 0.789. The Hall–Kier alpha value is -1.58. The number of anilines is 1. The molecule has 0 bridgehead atoms. The highest BCUT2D eigenvalue weighted by Crippen LogP contribution is 2.14. The predicted octanol–water partition coefficient (Wildman–Crippen LogP) is 1.85. The maximum Gasteiger partial charge on any atom is 0.162 e. The largest absolute Gasteiger partial charge is 0.235 e. The van der Waals surface area contributed by atoms with Crippen molar-refractivity contribution < 1.29 is 5.03 Å². The second-order valence-corrected chi connectivity index (χ2v) is 2.38. The van der Waals surface area contributed by atoms with Crippen molar-refractivity contribution in [1.29, 1.82) is 0 Å². The summed E-state index contributed by atoms with van der Waals surface area (Å²) in [5, 5.41) is 9.58. The van der Waals surface area contributed by atoms with Crippen LogP contribution in [0, 0.1) is 10.1 Å². The van der Waals surface area contributed by atoms with Crippen LogP contribution in [-0.2, 0) is 6.42 Å². The SMILES string of the molecule is CCc1ccccc1N[N+](=O)[O-]. The van der Waals surface area contributed by atoms with Gasteiger partial charge in [0.15, 0.2) is 5.03 Å². The second-order valence-electron chi connectivity index (χ2n) is 2.38. The Morgan fingerprint density at radius 3 is 2.75 bits per heavy atom. The molecule has 0 aliphatic carbocycles. The summed E-state index contributed by atoms with van der Waals surface area (Å²) >= 11 is 0. The fourth-order valence-electron chi connectivity index (χ4n) is 1.04. The molecule has 1 aromatic rings. The first-order chi connectivity index (χ1) is 5.74. The van der Waals surface area contributed by atoms with Gasteiger partial charge in [0.2, 0.25) is 0 Å². The highest BCUT2D eigenvalue weighted by molar-refractivity contribution is 5.48. The Morgan fingerprint density at radius 2 is 2.17 bits per heavy atom. The van der Waals surface area contributed by atoms with Crippen LogP contribution in [0.25, 0.3) is 0 Å². The first kappa shape index (κ1) is 8.52. The standard InChI is InChI=1S/C8H10N2O2/c1-2-7-5-3-4-6-8(7)9-10(11)12/h3-6,9H,2H2,1H3. The minimum Gasteiger partial charge on any atom is -0.235 e. The lowest BCUT2D eigenvalue weighted by atomic mass is 10.1. The van der Waals surface area contributed by atoms with Gasteiger partial charge in [-0.2, -0.15) is 0 Å². The van der Waals surface area contributed by atoms with E-state index in [9.17, 15) is 10.1 Å². The van der Waals surface area contributed by atoms with E-state index in [1.54, 1.807) is 12.1 Å². The zero-order valence-corrected chi connectivity index (χ0v) is 6.78. The van der Waals surface area contributed by atoms with Gasteiger partial charge in [-0.25, -0.2) is 10.1 Å². The van der Waals surface area contributed by atoms with Crippen molar-refractivity contribution in [2.75, 3.05) is 5.43 Å².